The third-order valence-corrected chi connectivity index (χ3v) is 3.62. The predicted molar refractivity (Wildman–Crippen MR) is 79.4 cm³/mol. The lowest BCUT2D eigenvalue weighted by atomic mass is 10.1. The highest BCUT2D eigenvalue weighted by atomic mass is 16.5. The van der Waals surface area contributed by atoms with E-state index >= 15 is 0 Å². The molecule has 0 bridgehead atoms. The van der Waals surface area contributed by atoms with E-state index in [1.165, 1.54) is 0 Å². The number of amides is 2. The lowest BCUT2D eigenvalue weighted by Gasteiger charge is -2.16. The molecule has 1 aliphatic rings. The van der Waals surface area contributed by atoms with Gasteiger partial charge in [0.15, 0.2) is 5.82 Å². The Morgan fingerprint density at radius 2 is 2.27 bits per heavy atom. The summed E-state index contributed by atoms with van der Waals surface area (Å²) in [7, 11) is 1.58. The summed E-state index contributed by atoms with van der Waals surface area (Å²) in [6, 6.07) is 9.31. The summed E-state index contributed by atoms with van der Waals surface area (Å²) in [5.74, 6) is 1.21. The standard InChI is InChI=1S/C15H18N4O3/c1-21-10-13-17-14(18-22-13)11-7-8-19(9-11)15(20)16-12-5-3-2-4-6-12/h2-6,11H,7-10H2,1H3,(H,16,20). The van der Waals surface area contributed by atoms with Gasteiger partial charge >= 0.3 is 6.03 Å². The molecule has 3 rings (SSSR count). The SMILES string of the molecule is COCc1nc(C2CCN(C(=O)Nc3ccccc3)C2)no1. The van der Waals surface area contributed by atoms with E-state index in [1.807, 2.05) is 30.3 Å². The highest BCUT2D eigenvalue weighted by Gasteiger charge is 2.30. The number of nitrogens with one attached hydrogen (secondary N) is 1. The Labute approximate surface area is 128 Å². The molecular weight excluding hydrogens is 284 g/mol. The first-order valence-electron chi connectivity index (χ1n) is 7.18. The summed E-state index contributed by atoms with van der Waals surface area (Å²) < 4.78 is 10.1. The van der Waals surface area contributed by atoms with Gasteiger partial charge < -0.3 is 19.5 Å². The fourth-order valence-electron chi connectivity index (χ4n) is 2.50. The molecule has 1 N–H and O–H groups in total. The van der Waals surface area contributed by atoms with E-state index in [9.17, 15) is 4.79 Å². The molecule has 1 unspecified atom stereocenters. The number of benzene rings is 1. The number of ether oxygens (including phenoxy) is 1. The fourth-order valence-corrected chi connectivity index (χ4v) is 2.50. The number of aromatic nitrogens is 2. The van der Waals surface area contributed by atoms with Crippen LogP contribution in [-0.4, -0.2) is 41.3 Å². The summed E-state index contributed by atoms with van der Waals surface area (Å²) in [5.41, 5.74) is 0.790. The van der Waals surface area contributed by atoms with Crippen molar-refractivity contribution < 1.29 is 14.1 Å². The molecule has 1 aromatic heterocycles. The van der Waals surface area contributed by atoms with Crippen LogP contribution in [0.3, 0.4) is 0 Å². The van der Waals surface area contributed by atoms with Gasteiger partial charge in [0.25, 0.3) is 5.89 Å². The molecule has 7 nitrogen and oxygen atoms in total. The van der Waals surface area contributed by atoms with Crippen molar-refractivity contribution in [2.75, 3.05) is 25.5 Å². The second-order valence-corrected chi connectivity index (χ2v) is 5.21. The van der Waals surface area contributed by atoms with Gasteiger partial charge in [0.05, 0.1) is 0 Å². The maximum atomic E-state index is 12.2. The normalized spacial score (nSPS) is 17.7. The summed E-state index contributed by atoms with van der Waals surface area (Å²) in [6.07, 6.45) is 0.828. The van der Waals surface area contributed by atoms with Gasteiger partial charge in [-0.15, -0.1) is 0 Å². The zero-order valence-corrected chi connectivity index (χ0v) is 12.4. The molecule has 0 radical (unpaired) electrons. The number of carbonyl (C=O) groups is 1. The van der Waals surface area contributed by atoms with Gasteiger partial charge in [0.2, 0.25) is 0 Å². The highest BCUT2D eigenvalue weighted by molar-refractivity contribution is 5.89. The first-order valence-corrected chi connectivity index (χ1v) is 7.18. The Hall–Kier alpha value is -2.41. The van der Waals surface area contributed by atoms with Crippen molar-refractivity contribution in [1.29, 1.82) is 0 Å². The van der Waals surface area contributed by atoms with Gasteiger partial charge in [-0.1, -0.05) is 23.4 Å². The van der Waals surface area contributed by atoms with Crippen molar-refractivity contribution in [3.05, 3.63) is 42.0 Å². The number of urea groups is 1. The van der Waals surface area contributed by atoms with Crippen LogP contribution in [-0.2, 0) is 11.3 Å². The van der Waals surface area contributed by atoms with Crippen LogP contribution in [0.4, 0.5) is 10.5 Å². The zero-order valence-electron chi connectivity index (χ0n) is 12.4. The fraction of sp³-hybridized carbons (Fsp3) is 0.400. The Bertz CT molecular complexity index is 629. The minimum absolute atomic E-state index is 0.102. The quantitative estimate of drug-likeness (QED) is 0.936. The molecule has 2 aromatic rings. The van der Waals surface area contributed by atoms with Crippen LogP contribution in [0.1, 0.15) is 24.1 Å². The lowest BCUT2D eigenvalue weighted by molar-refractivity contribution is 0.151. The summed E-state index contributed by atoms with van der Waals surface area (Å²) in [6.45, 7) is 1.57. The first-order chi connectivity index (χ1) is 10.8. The van der Waals surface area contributed by atoms with E-state index in [2.05, 4.69) is 15.5 Å². The first kappa shape index (κ1) is 14.5. The van der Waals surface area contributed by atoms with Crippen LogP contribution in [0.25, 0.3) is 0 Å². The Kier molecular flexibility index (Phi) is 4.34. The van der Waals surface area contributed by atoms with Crippen molar-refractivity contribution in [2.24, 2.45) is 0 Å². The molecule has 116 valence electrons. The lowest BCUT2D eigenvalue weighted by Crippen LogP contribution is -2.32. The number of anilines is 1. The summed E-state index contributed by atoms with van der Waals surface area (Å²) in [5, 5.41) is 6.85. The minimum Gasteiger partial charge on any atom is -0.375 e. The van der Waals surface area contributed by atoms with Crippen molar-refractivity contribution in [2.45, 2.75) is 18.9 Å². The molecular formula is C15H18N4O3. The largest absolute Gasteiger partial charge is 0.375 e. The molecule has 2 amide bonds. The van der Waals surface area contributed by atoms with Crippen molar-refractivity contribution >= 4 is 11.7 Å². The average Bonchev–Trinajstić information content (AvgIpc) is 3.17. The average molecular weight is 302 g/mol. The number of hydrogen-bond donors (Lipinski definition) is 1. The monoisotopic (exact) mass is 302 g/mol. The van der Waals surface area contributed by atoms with Crippen LogP contribution in [0.15, 0.2) is 34.9 Å². The highest BCUT2D eigenvalue weighted by Crippen LogP contribution is 2.25. The zero-order chi connectivity index (χ0) is 15.4. The van der Waals surface area contributed by atoms with Gasteiger partial charge in [-0.2, -0.15) is 4.98 Å². The topological polar surface area (TPSA) is 80.5 Å². The smallest absolute Gasteiger partial charge is 0.321 e. The van der Waals surface area contributed by atoms with E-state index in [0.29, 0.717) is 31.4 Å². The Balaban J connectivity index is 1.58. The molecule has 0 spiro atoms. The number of likely N-dealkylation sites (tertiary alicyclic amines) is 1. The number of hydrogen-bond acceptors (Lipinski definition) is 5. The number of rotatable bonds is 4. The number of para-hydroxylation sites is 1. The van der Waals surface area contributed by atoms with Crippen molar-refractivity contribution in [3.8, 4) is 0 Å². The molecule has 1 aliphatic heterocycles. The predicted octanol–water partition coefficient (Wildman–Crippen LogP) is 2.24. The van der Waals surface area contributed by atoms with Crippen molar-refractivity contribution in [1.82, 2.24) is 15.0 Å². The molecule has 1 aromatic carbocycles. The van der Waals surface area contributed by atoms with Crippen LogP contribution < -0.4 is 5.32 Å². The van der Waals surface area contributed by atoms with Crippen LogP contribution in [0.2, 0.25) is 0 Å². The maximum Gasteiger partial charge on any atom is 0.321 e. The molecule has 7 heteroatoms. The molecule has 1 saturated heterocycles. The van der Waals surface area contributed by atoms with Crippen molar-refractivity contribution in [3.63, 3.8) is 0 Å². The molecule has 0 aliphatic carbocycles. The van der Waals surface area contributed by atoms with Gasteiger partial charge in [-0.3, -0.25) is 0 Å². The van der Waals surface area contributed by atoms with Crippen LogP contribution >= 0.6 is 0 Å². The number of carbonyl (C=O) groups excluding carboxylic acids is 1. The van der Waals surface area contributed by atoms with Gasteiger partial charge in [-0.25, -0.2) is 4.79 Å². The molecule has 2 heterocycles. The Morgan fingerprint density at radius 3 is 3.05 bits per heavy atom. The second kappa shape index (κ2) is 6.57. The third kappa shape index (κ3) is 3.25. The van der Waals surface area contributed by atoms with E-state index < -0.39 is 0 Å². The summed E-state index contributed by atoms with van der Waals surface area (Å²) in [4.78, 5) is 18.3. The van der Waals surface area contributed by atoms with E-state index in [4.69, 9.17) is 9.26 Å². The number of methoxy groups -OCH3 is 1. The van der Waals surface area contributed by atoms with Crippen LogP contribution in [0.5, 0.6) is 0 Å². The van der Waals surface area contributed by atoms with Gasteiger partial charge in [0.1, 0.15) is 6.61 Å². The Morgan fingerprint density at radius 1 is 1.45 bits per heavy atom. The number of nitrogens with zero attached hydrogens (tertiary/aromatic N) is 3. The van der Waals surface area contributed by atoms with E-state index in [1.54, 1.807) is 12.0 Å². The third-order valence-electron chi connectivity index (χ3n) is 3.62. The molecule has 22 heavy (non-hydrogen) atoms. The van der Waals surface area contributed by atoms with E-state index in [0.717, 1.165) is 12.1 Å². The van der Waals surface area contributed by atoms with Gasteiger partial charge in [0, 0.05) is 31.8 Å². The van der Waals surface area contributed by atoms with Crippen LogP contribution in [0, 0.1) is 0 Å². The maximum absolute atomic E-state index is 12.2. The van der Waals surface area contributed by atoms with E-state index in [-0.39, 0.29) is 11.9 Å². The summed E-state index contributed by atoms with van der Waals surface area (Å²) >= 11 is 0. The molecule has 1 fully saturated rings. The second-order valence-electron chi connectivity index (χ2n) is 5.21. The molecule has 0 saturated carbocycles. The van der Waals surface area contributed by atoms with Gasteiger partial charge in [-0.05, 0) is 18.6 Å². The molecule has 1 atom stereocenters. The minimum atomic E-state index is -0.102.